The molecule has 2 amide bonds. The maximum absolute atomic E-state index is 12.2. The van der Waals surface area contributed by atoms with Crippen molar-refractivity contribution < 1.29 is 9.59 Å². The molecule has 4 heteroatoms. The molecule has 1 saturated carbocycles. The number of hydrogen-bond donors (Lipinski definition) is 2. The third-order valence-electron chi connectivity index (χ3n) is 3.66. The fourth-order valence-electron chi connectivity index (χ4n) is 2.35. The van der Waals surface area contributed by atoms with Crippen LogP contribution in [0.4, 0.5) is 5.69 Å². The first-order valence-corrected chi connectivity index (χ1v) is 5.84. The van der Waals surface area contributed by atoms with Crippen molar-refractivity contribution in [2.75, 3.05) is 5.32 Å². The Hall–Kier alpha value is -1.84. The van der Waals surface area contributed by atoms with Crippen LogP contribution in [0.15, 0.2) is 24.3 Å². The molecule has 3 rings (SSSR count). The summed E-state index contributed by atoms with van der Waals surface area (Å²) >= 11 is 0. The van der Waals surface area contributed by atoms with Crippen LogP contribution in [0.3, 0.4) is 0 Å². The van der Waals surface area contributed by atoms with Gasteiger partial charge in [-0.05, 0) is 37.8 Å². The molecule has 1 aromatic carbocycles. The molecular weight excluding hydrogens is 216 g/mol. The number of hydrogen-bond acceptors (Lipinski definition) is 2. The Labute approximate surface area is 99.4 Å². The average molecular weight is 230 g/mol. The fourth-order valence-corrected chi connectivity index (χ4v) is 2.35. The number of rotatable bonds is 1. The van der Waals surface area contributed by atoms with Gasteiger partial charge in [-0.1, -0.05) is 12.1 Å². The van der Waals surface area contributed by atoms with Crippen molar-refractivity contribution >= 4 is 17.5 Å². The molecule has 1 aliphatic carbocycles. The molecule has 0 radical (unpaired) electrons. The summed E-state index contributed by atoms with van der Waals surface area (Å²) in [7, 11) is 0. The molecule has 1 atom stereocenters. The lowest BCUT2D eigenvalue weighted by molar-refractivity contribution is -0.122. The Kier molecular flexibility index (Phi) is 2.02. The third kappa shape index (κ3) is 1.52. The largest absolute Gasteiger partial charge is 0.338 e. The van der Waals surface area contributed by atoms with Gasteiger partial charge in [0.25, 0.3) is 5.91 Å². The van der Waals surface area contributed by atoms with Crippen molar-refractivity contribution in [1.29, 1.82) is 0 Å². The summed E-state index contributed by atoms with van der Waals surface area (Å²) in [5.41, 5.74) is 0.362. The summed E-state index contributed by atoms with van der Waals surface area (Å²) in [5, 5.41) is 5.71. The van der Waals surface area contributed by atoms with Crippen LogP contribution in [0.5, 0.6) is 0 Å². The number of carbonyl (C=O) groups is 2. The summed E-state index contributed by atoms with van der Waals surface area (Å²) in [6.07, 6.45) is 2.00. The van der Waals surface area contributed by atoms with Gasteiger partial charge in [0.2, 0.25) is 5.91 Å². The van der Waals surface area contributed by atoms with E-state index in [1.165, 1.54) is 0 Å². The van der Waals surface area contributed by atoms with Gasteiger partial charge in [0.05, 0.1) is 11.3 Å². The van der Waals surface area contributed by atoms with Crippen LogP contribution in [0.25, 0.3) is 0 Å². The molecule has 1 unspecified atom stereocenters. The van der Waals surface area contributed by atoms with E-state index in [2.05, 4.69) is 10.6 Å². The second-order valence-electron chi connectivity index (χ2n) is 4.93. The van der Waals surface area contributed by atoms with Gasteiger partial charge in [0, 0.05) is 0 Å². The van der Waals surface area contributed by atoms with Crippen molar-refractivity contribution in [3.05, 3.63) is 29.8 Å². The summed E-state index contributed by atoms with van der Waals surface area (Å²) in [5.74, 6) is -0.0209. The van der Waals surface area contributed by atoms with E-state index in [0.29, 0.717) is 11.3 Å². The van der Waals surface area contributed by atoms with Crippen LogP contribution in [-0.2, 0) is 4.79 Å². The van der Waals surface area contributed by atoms with Crippen LogP contribution in [0.1, 0.15) is 30.1 Å². The lowest BCUT2D eigenvalue weighted by Gasteiger charge is -2.26. The van der Waals surface area contributed by atoms with Gasteiger partial charge in [-0.25, -0.2) is 0 Å². The zero-order valence-corrected chi connectivity index (χ0v) is 9.62. The number of anilines is 1. The van der Waals surface area contributed by atoms with Crippen molar-refractivity contribution in [1.82, 2.24) is 5.32 Å². The average Bonchev–Trinajstić information content (AvgIpc) is 3.12. The molecule has 4 nitrogen and oxygen atoms in total. The van der Waals surface area contributed by atoms with Gasteiger partial charge in [-0.2, -0.15) is 0 Å². The summed E-state index contributed by atoms with van der Waals surface area (Å²) in [6.45, 7) is 1.81. The van der Waals surface area contributed by atoms with Crippen molar-refractivity contribution in [2.45, 2.75) is 25.3 Å². The Balaban J connectivity index is 2.04. The molecule has 1 fully saturated rings. The first-order chi connectivity index (χ1) is 8.11. The number of benzene rings is 1. The van der Waals surface area contributed by atoms with Crippen LogP contribution >= 0.6 is 0 Å². The molecule has 0 saturated heterocycles. The summed E-state index contributed by atoms with van der Waals surface area (Å²) in [6, 6.07) is 7.09. The van der Waals surface area contributed by atoms with Gasteiger partial charge in [0.1, 0.15) is 5.54 Å². The van der Waals surface area contributed by atoms with E-state index in [0.717, 1.165) is 12.8 Å². The predicted molar refractivity (Wildman–Crippen MR) is 63.7 cm³/mol. The molecule has 0 bridgehead atoms. The van der Waals surface area contributed by atoms with E-state index in [-0.39, 0.29) is 17.7 Å². The second kappa shape index (κ2) is 3.32. The van der Waals surface area contributed by atoms with Crippen molar-refractivity contribution in [2.24, 2.45) is 5.92 Å². The van der Waals surface area contributed by atoms with Gasteiger partial charge in [-0.15, -0.1) is 0 Å². The number of amides is 2. The van der Waals surface area contributed by atoms with E-state index in [1.807, 2.05) is 13.0 Å². The number of fused-ring (bicyclic) bond motifs is 1. The Morgan fingerprint density at radius 1 is 1.24 bits per heavy atom. The van der Waals surface area contributed by atoms with Crippen molar-refractivity contribution in [3.8, 4) is 0 Å². The topological polar surface area (TPSA) is 58.2 Å². The normalized spacial score (nSPS) is 27.8. The summed E-state index contributed by atoms with van der Waals surface area (Å²) in [4.78, 5) is 24.3. The van der Waals surface area contributed by atoms with E-state index in [9.17, 15) is 9.59 Å². The minimum atomic E-state index is -0.768. The highest BCUT2D eigenvalue weighted by atomic mass is 16.2. The zero-order chi connectivity index (χ0) is 12.0. The lowest BCUT2D eigenvalue weighted by Crippen LogP contribution is -2.54. The molecule has 0 spiro atoms. The predicted octanol–water partition coefficient (Wildman–Crippen LogP) is 1.54. The van der Waals surface area contributed by atoms with Crippen LogP contribution < -0.4 is 10.6 Å². The number of para-hydroxylation sites is 1. The minimum absolute atomic E-state index is 0.113. The van der Waals surface area contributed by atoms with Crippen LogP contribution in [0, 0.1) is 5.92 Å². The molecular formula is C13H14N2O2. The first kappa shape index (κ1) is 10.3. The standard InChI is InChI=1S/C13H14N2O2/c1-13(8-6-7-8)12(17)14-10-5-3-2-4-9(10)11(16)15-13/h2-5,8H,6-7H2,1H3,(H,14,17)(H,15,16). The van der Waals surface area contributed by atoms with E-state index < -0.39 is 5.54 Å². The lowest BCUT2D eigenvalue weighted by atomic mass is 9.95. The van der Waals surface area contributed by atoms with Gasteiger partial charge in [-0.3, -0.25) is 9.59 Å². The molecule has 2 aliphatic rings. The highest BCUT2D eigenvalue weighted by Gasteiger charge is 2.49. The smallest absolute Gasteiger partial charge is 0.254 e. The Bertz CT molecular complexity index is 508. The molecule has 1 aliphatic heterocycles. The quantitative estimate of drug-likeness (QED) is 0.768. The van der Waals surface area contributed by atoms with Gasteiger partial charge >= 0.3 is 0 Å². The van der Waals surface area contributed by atoms with Crippen LogP contribution in [-0.4, -0.2) is 17.4 Å². The van der Waals surface area contributed by atoms with Gasteiger partial charge < -0.3 is 10.6 Å². The third-order valence-corrected chi connectivity index (χ3v) is 3.66. The minimum Gasteiger partial charge on any atom is -0.338 e. The Morgan fingerprint density at radius 2 is 1.94 bits per heavy atom. The maximum Gasteiger partial charge on any atom is 0.254 e. The molecule has 17 heavy (non-hydrogen) atoms. The SMILES string of the molecule is CC1(C2CC2)NC(=O)c2ccccc2NC1=O. The van der Waals surface area contributed by atoms with E-state index in [4.69, 9.17) is 0 Å². The van der Waals surface area contributed by atoms with Crippen molar-refractivity contribution in [3.63, 3.8) is 0 Å². The highest BCUT2D eigenvalue weighted by molar-refractivity contribution is 6.11. The zero-order valence-electron chi connectivity index (χ0n) is 9.62. The maximum atomic E-state index is 12.2. The fraction of sp³-hybridized carbons (Fsp3) is 0.385. The highest BCUT2D eigenvalue weighted by Crippen LogP contribution is 2.41. The number of nitrogens with one attached hydrogen (secondary N) is 2. The molecule has 2 N–H and O–H groups in total. The second-order valence-corrected chi connectivity index (χ2v) is 4.93. The number of carbonyl (C=O) groups excluding carboxylic acids is 2. The van der Waals surface area contributed by atoms with Crippen LogP contribution in [0.2, 0.25) is 0 Å². The first-order valence-electron chi connectivity index (χ1n) is 5.84. The summed E-state index contributed by atoms with van der Waals surface area (Å²) < 4.78 is 0. The monoisotopic (exact) mass is 230 g/mol. The molecule has 0 aromatic heterocycles. The van der Waals surface area contributed by atoms with E-state index >= 15 is 0 Å². The molecule has 1 aromatic rings. The molecule has 88 valence electrons. The van der Waals surface area contributed by atoms with Gasteiger partial charge in [0.15, 0.2) is 0 Å². The molecule has 1 heterocycles. The van der Waals surface area contributed by atoms with E-state index in [1.54, 1.807) is 18.2 Å². The Morgan fingerprint density at radius 3 is 2.65 bits per heavy atom.